The summed E-state index contributed by atoms with van der Waals surface area (Å²) in [4.78, 5) is 2.30. The van der Waals surface area contributed by atoms with Gasteiger partial charge < -0.3 is 19.1 Å². The highest BCUT2D eigenvalue weighted by Gasteiger charge is 2.24. The van der Waals surface area contributed by atoms with Crippen LogP contribution >= 0.6 is 0 Å². The van der Waals surface area contributed by atoms with E-state index >= 15 is 0 Å². The normalized spacial score (nSPS) is 11.9. The van der Waals surface area contributed by atoms with Gasteiger partial charge in [-0.1, -0.05) is 36.4 Å². The minimum Gasteiger partial charge on any atom is -0.494 e. The maximum absolute atomic E-state index is 6.47. The molecule has 4 heteroatoms. The van der Waals surface area contributed by atoms with Gasteiger partial charge in [0, 0.05) is 6.54 Å². The van der Waals surface area contributed by atoms with Crippen LogP contribution in [0.1, 0.15) is 20.8 Å². The Labute approximate surface area is 201 Å². The fraction of sp³-hybridized carbons (Fsp3) is 0.200. The van der Waals surface area contributed by atoms with Crippen molar-refractivity contribution in [2.24, 2.45) is 0 Å². The lowest BCUT2D eigenvalue weighted by atomic mass is 10.0. The molecule has 0 amide bonds. The summed E-state index contributed by atoms with van der Waals surface area (Å²) < 4.78 is 17.6. The summed E-state index contributed by atoms with van der Waals surface area (Å²) in [5, 5.41) is 0. The molecule has 0 N–H and O–H groups in total. The number of fused-ring (bicyclic) bond motifs is 2. The number of benzene rings is 4. The average Bonchev–Trinajstić information content (AvgIpc) is 2.88. The van der Waals surface area contributed by atoms with E-state index in [4.69, 9.17) is 14.2 Å². The molecule has 172 valence electrons. The van der Waals surface area contributed by atoms with Crippen molar-refractivity contribution in [1.29, 1.82) is 0 Å². The number of hydrogen-bond donors (Lipinski definition) is 0. The highest BCUT2D eigenvalue weighted by molar-refractivity contribution is 5.83. The van der Waals surface area contributed by atoms with Gasteiger partial charge in [0.1, 0.15) is 11.5 Å². The molecule has 0 saturated carbocycles. The smallest absolute Gasteiger partial charge is 0.151 e. The van der Waals surface area contributed by atoms with Crippen LogP contribution in [0.4, 0.5) is 11.4 Å². The highest BCUT2D eigenvalue weighted by atomic mass is 16.5. The summed E-state index contributed by atoms with van der Waals surface area (Å²) in [6.45, 7) is 8.34. The monoisotopic (exact) mass is 451 g/mol. The van der Waals surface area contributed by atoms with Crippen molar-refractivity contribution in [3.05, 3.63) is 84.9 Å². The fourth-order valence-corrected chi connectivity index (χ4v) is 4.41. The number of anilines is 2. The molecule has 1 aliphatic rings. The first-order valence-corrected chi connectivity index (χ1v) is 11.9. The standard InChI is InChI=1S/C30H29NO3/c1-4-31-27-17-11-23(21-7-13-25(14-8-21)32-5-2)19-29(27)34-30-20-24(12-18-28(30)31)22-9-15-26(16-10-22)33-6-3/h7-20H,4-6H2,1-3H3. The van der Waals surface area contributed by atoms with Crippen molar-refractivity contribution in [2.45, 2.75) is 20.8 Å². The molecule has 0 unspecified atom stereocenters. The van der Waals surface area contributed by atoms with Gasteiger partial charge in [0.2, 0.25) is 0 Å². The lowest BCUT2D eigenvalue weighted by Crippen LogP contribution is -2.20. The molecule has 1 heterocycles. The maximum atomic E-state index is 6.47. The molecule has 4 aromatic carbocycles. The van der Waals surface area contributed by atoms with Crippen LogP contribution in [0.15, 0.2) is 84.9 Å². The van der Waals surface area contributed by atoms with E-state index in [0.717, 1.165) is 63.2 Å². The van der Waals surface area contributed by atoms with E-state index < -0.39 is 0 Å². The van der Waals surface area contributed by atoms with E-state index in [1.165, 1.54) is 0 Å². The summed E-state index contributed by atoms with van der Waals surface area (Å²) in [7, 11) is 0. The van der Waals surface area contributed by atoms with Crippen LogP contribution < -0.4 is 19.1 Å². The molecule has 5 rings (SSSR count). The second-order valence-corrected chi connectivity index (χ2v) is 8.13. The van der Waals surface area contributed by atoms with Gasteiger partial charge in [-0.3, -0.25) is 0 Å². The van der Waals surface area contributed by atoms with Crippen molar-refractivity contribution in [3.63, 3.8) is 0 Å². The molecule has 0 aromatic heterocycles. The lowest BCUT2D eigenvalue weighted by Gasteiger charge is -2.32. The van der Waals surface area contributed by atoms with E-state index in [2.05, 4.69) is 72.5 Å². The summed E-state index contributed by atoms with van der Waals surface area (Å²) in [6.07, 6.45) is 0. The van der Waals surface area contributed by atoms with E-state index in [9.17, 15) is 0 Å². The molecule has 0 atom stereocenters. The van der Waals surface area contributed by atoms with Crippen LogP contribution in [-0.2, 0) is 0 Å². The van der Waals surface area contributed by atoms with Gasteiger partial charge in [-0.2, -0.15) is 0 Å². The molecular weight excluding hydrogens is 422 g/mol. The third kappa shape index (κ3) is 4.19. The lowest BCUT2D eigenvalue weighted by molar-refractivity contribution is 0.340. The van der Waals surface area contributed by atoms with Crippen LogP contribution in [-0.4, -0.2) is 19.8 Å². The molecule has 1 aliphatic heterocycles. The van der Waals surface area contributed by atoms with Gasteiger partial charge in [-0.15, -0.1) is 0 Å². The first-order chi connectivity index (χ1) is 16.7. The summed E-state index contributed by atoms with van der Waals surface area (Å²) in [6, 6.07) is 29.2. The molecule has 4 aromatic rings. The van der Waals surface area contributed by atoms with Crippen molar-refractivity contribution in [3.8, 4) is 45.3 Å². The zero-order valence-electron chi connectivity index (χ0n) is 19.9. The van der Waals surface area contributed by atoms with Crippen molar-refractivity contribution < 1.29 is 14.2 Å². The molecule has 0 aliphatic carbocycles. The second-order valence-electron chi connectivity index (χ2n) is 8.13. The summed E-state index contributed by atoms with van der Waals surface area (Å²) in [5.74, 6) is 3.50. The zero-order valence-corrected chi connectivity index (χ0v) is 19.9. The topological polar surface area (TPSA) is 30.9 Å². The van der Waals surface area contributed by atoms with Crippen LogP contribution in [0.3, 0.4) is 0 Å². The highest BCUT2D eigenvalue weighted by Crippen LogP contribution is 2.48. The van der Waals surface area contributed by atoms with Gasteiger partial charge in [0.15, 0.2) is 11.5 Å². The third-order valence-electron chi connectivity index (χ3n) is 6.03. The first-order valence-electron chi connectivity index (χ1n) is 11.9. The second kappa shape index (κ2) is 9.52. The molecule has 0 spiro atoms. The molecule has 0 saturated heterocycles. The minimum atomic E-state index is 0.664. The van der Waals surface area contributed by atoms with Gasteiger partial charge >= 0.3 is 0 Å². The molecular formula is C30H29NO3. The van der Waals surface area contributed by atoms with E-state index in [1.807, 2.05) is 38.1 Å². The molecule has 34 heavy (non-hydrogen) atoms. The van der Waals surface area contributed by atoms with Crippen LogP contribution in [0.5, 0.6) is 23.0 Å². The van der Waals surface area contributed by atoms with Crippen molar-refractivity contribution >= 4 is 11.4 Å². The Morgan fingerprint density at radius 2 is 0.971 bits per heavy atom. The van der Waals surface area contributed by atoms with E-state index in [1.54, 1.807) is 0 Å². The van der Waals surface area contributed by atoms with Crippen molar-refractivity contribution in [2.75, 3.05) is 24.7 Å². The van der Waals surface area contributed by atoms with Crippen molar-refractivity contribution in [1.82, 2.24) is 0 Å². The van der Waals surface area contributed by atoms with Crippen LogP contribution in [0.2, 0.25) is 0 Å². The van der Waals surface area contributed by atoms with Gasteiger partial charge in [-0.25, -0.2) is 0 Å². The molecule has 4 nitrogen and oxygen atoms in total. The number of nitrogens with zero attached hydrogens (tertiary/aromatic N) is 1. The van der Waals surface area contributed by atoms with Gasteiger partial charge in [0.25, 0.3) is 0 Å². The Morgan fingerprint density at radius 3 is 1.35 bits per heavy atom. The van der Waals surface area contributed by atoms with Crippen LogP contribution in [0, 0.1) is 0 Å². The Kier molecular flexibility index (Phi) is 6.13. The zero-order chi connectivity index (χ0) is 23.5. The molecule has 0 radical (unpaired) electrons. The number of rotatable bonds is 7. The average molecular weight is 452 g/mol. The summed E-state index contributed by atoms with van der Waals surface area (Å²) >= 11 is 0. The largest absolute Gasteiger partial charge is 0.494 e. The maximum Gasteiger partial charge on any atom is 0.151 e. The van der Waals surface area contributed by atoms with E-state index in [0.29, 0.717) is 13.2 Å². The predicted octanol–water partition coefficient (Wildman–Crippen LogP) is 8.08. The molecule has 0 bridgehead atoms. The fourth-order valence-electron chi connectivity index (χ4n) is 4.41. The number of hydrogen-bond acceptors (Lipinski definition) is 4. The van der Waals surface area contributed by atoms with E-state index in [-0.39, 0.29) is 0 Å². The number of ether oxygens (including phenoxy) is 3. The minimum absolute atomic E-state index is 0.664. The quantitative estimate of drug-likeness (QED) is 0.284. The van der Waals surface area contributed by atoms with Crippen LogP contribution in [0.25, 0.3) is 22.3 Å². The predicted molar refractivity (Wildman–Crippen MR) is 139 cm³/mol. The Morgan fingerprint density at radius 1 is 0.559 bits per heavy atom. The van der Waals surface area contributed by atoms with Gasteiger partial charge in [0.05, 0.1) is 24.6 Å². The first kappa shape index (κ1) is 21.9. The Hall–Kier alpha value is -3.92. The third-order valence-corrected chi connectivity index (χ3v) is 6.03. The summed E-state index contributed by atoms with van der Waals surface area (Å²) in [5.41, 5.74) is 6.66. The Balaban J connectivity index is 1.47. The SMILES string of the molecule is CCOc1ccc(-c2ccc3c(c2)Oc2cc(-c4ccc(OCC)cc4)ccc2N3CC)cc1. The van der Waals surface area contributed by atoms with Gasteiger partial charge in [-0.05, 0) is 91.6 Å². The Bertz CT molecular complexity index is 1180. The molecule has 0 fully saturated rings.